The third kappa shape index (κ3) is 3.94. The number of morpholine rings is 1. The van der Waals surface area contributed by atoms with Crippen LogP contribution in [0.3, 0.4) is 0 Å². The molecule has 0 saturated carbocycles. The van der Waals surface area contributed by atoms with Crippen LogP contribution in [0.25, 0.3) is 10.2 Å². The molecule has 3 rings (SSSR count). The average molecular weight is 348 g/mol. The third-order valence-corrected chi connectivity index (χ3v) is 5.43. The Balaban J connectivity index is 1.75. The Hall–Kier alpha value is -1.50. The summed E-state index contributed by atoms with van der Waals surface area (Å²) in [5.41, 5.74) is 1.66. The molecule has 0 radical (unpaired) electrons. The Labute approximate surface area is 145 Å². The van der Waals surface area contributed by atoms with Crippen LogP contribution in [-0.2, 0) is 11.3 Å². The van der Waals surface area contributed by atoms with Crippen molar-refractivity contribution in [3.05, 3.63) is 33.4 Å². The van der Waals surface area contributed by atoms with Crippen LogP contribution in [0.4, 0.5) is 0 Å². The second kappa shape index (κ2) is 8.05. The minimum atomic E-state index is 0.0522. The number of benzene rings is 1. The quantitative estimate of drug-likeness (QED) is 0.722. The Morgan fingerprint density at radius 1 is 1.25 bits per heavy atom. The second-order valence-electron chi connectivity index (χ2n) is 6.18. The maximum Gasteiger partial charge on any atom is 0.308 e. The van der Waals surface area contributed by atoms with Gasteiger partial charge in [-0.2, -0.15) is 0 Å². The molecule has 1 aromatic heterocycles. The van der Waals surface area contributed by atoms with E-state index in [1.165, 1.54) is 11.3 Å². The fraction of sp³-hybridized carbons (Fsp3) is 0.556. The van der Waals surface area contributed by atoms with E-state index in [0.29, 0.717) is 13.0 Å². The summed E-state index contributed by atoms with van der Waals surface area (Å²) >= 11 is 1.23. The zero-order valence-electron chi connectivity index (χ0n) is 14.1. The van der Waals surface area contributed by atoms with Crippen LogP contribution < -0.4 is 4.87 Å². The minimum absolute atomic E-state index is 0.0522. The maximum absolute atomic E-state index is 12.3. The molecule has 1 aliphatic heterocycles. The summed E-state index contributed by atoms with van der Waals surface area (Å²) in [6, 6.07) is 5.66. The highest BCUT2D eigenvalue weighted by Crippen LogP contribution is 2.20. The van der Waals surface area contributed by atoms with Gasteiger partial charge in [-0.3, -0.25) is 19.1 Å². The lowest BCUT2D eigenvalue weighted by Gasteiger charge is -2.26. The number of ketones is 1. The molecule has 0 aliphatic carbocycles. The summed E-state index contributed by atoms with van der Waals surface area (Å²) in [5, 5.41) is 0. The molecule has 0 unspecified atom stereocenters. The summed E-state index contributed by atoms with van der Waals surface area (Å²) in [6.07, 6.45) is 2.50. The van der Waals surface area contributed by atoms with Gasteiger partial charge in [0.15, 0.2) is 5.78 Å². The summed E-state index contributed by atoms with van der Waals surface area (Å²) in [5.74, 6) is 0.166. The predicted molar refractivity (Wildman–Crippen MR) is 97.2 cm³/mol. The molecule has 0 N–H and O–H groups in total. The van der Waals surface area contributed by atoms with Gasteiger partial charge in [0, 0.05) is 38.2 Å². The van der Waals surface area contributed by atoms with Gasteiger partial charge >= 0.3 is 4.87 Å². The minimum Gasteiger partial charge on any atom is -0.379 e. The van der Waals surface area contributed by atoms with E-state index in [0.717, 1.165) is 61.5 Å². The highest BCUT2D eigenvalue weighted by molar-refractivity contribution is 7.16. The van der Waals surface area contributed by atoms with Crippen LogP contribution >= 0.6 is 11.3 Å². The van der Waals surface area contributed by atoms with Crippen LogP contribution in [0.5, 0.6) is 0 Å². The third-order valence-electron chi connectivity index (χ3n) is 4.49. The van der Waals surface area contributed by atoms with Gasteiger partial charge in [0.05, 0.1) is 23.4 Å². The van der Waals surface area contributed by atoms with Crippen LogP contribution in [0.15, 0.2) is 23.0 Å². The molecule has 1 aliphatic rings. The Bertz CT molecular complexity index is 759. The average Bonchev–Trinajstić information content (AvgIpc) is 2.93. The largest absolute Gasteiger partial charge is 0.379 e. The molecule has 0 atom stereocenters. The molecule has 6 heteroatoms. The number of aromatic nitrogens is 1. The fourth-order valence-electron chi connectivity index (χ4n) is 3.00. The van der Waals surface area contributed by atoms with Crippen molar-refractivity contribution in [2.24, 2.45) is 0 Å². The van der Waals surface area contributed by atoms with Crippen molar-refractivity contribution in [2.45, 2.75) is 32.7 Å². The van der Waals surface area contributed by atoms with Crippen molar-refractivity contribution >= 4 is 27.3 Å². The topological polar surface area (TPSA) is 51.5 Å². The van der Waals surface area contributed by atoms with Crippen LogP contribution in [0.1, 0.15) is 36.5 Å². The number of Topliss-reactive ketones (excluding diaryl/α,β-unsaturated/α-hetero) is 1. The van der Waals surface area contributed by atoms with Gasteiger partial charge in [-0.05, 0) is 24.6 Å². The molecule has 1 fully saturated rings. The highest BCUT2D eigenvalue weighted by Gasteiger charge is 2.14. The molecule has 2 aromatic rings. The SMILES string of the molecule is CCCCC(=O)c1ccc2c(c1)sc(=O)n2CCN1CCOCC1. The second-order valence-corrected chi connectivity index (χ2v) is 7.18. The molecule has 0 bridgehead atoms. The zero-order chi connectivity index (χ0) is 16.9. The van der Waals surface area contributed by atoms with Crippen molar-refractivity contribution in [1.29, 1.82) is 0 Å². The van der Waals surface area contributed by atoms with E-state index in [9.17, 15) is 9.59 Å². The summed E-state index contributed by atoms with van der Waals surface area (Å²) in [7, 11) is 0. The molecular weight excluding hydrogens is 324 g/mol. The zero-order valence-corrected chi connectivity index (χ0v) is 14.9. The van der Waals surface area contributed by atoms with Gasteiger partial charge in [0.1, 0.15) is 0 Å². The number of carbonyl (C=O) groups is 1. The number of hydrogen-bond acceptors (Lipinski definition) is 5. The van der Waals surface area contributed by atoms with Crippen LogP contribution in [0, 0.1) is 0 Å². The summed E-state index contributed by atoms with van der Waals surface area (Å²) in [6.45, 7) is 7.00. The first kappa shape index (κ1) is 17.3. The lowest BCUT2D eigenvalue weighted by atomic mass is 10.1. The number of fused-ring (bicyclic) bond motifs is 1. The van der Waals surface area contributed by atoms with Crippen LogP contribution in [0.2, 0.25) is 0 Å². The first-order chi connectivity index (χ1) is 11.7. The molecule has 130 valence electrons. The number of nitrogens with zero attached hydrogens (tertiary/aromatic N) is 2. The number of carbonyl (C=O) groups excluding carboxylic acids is 1. The molecule has 0 amide bonds. The van der Waals surface area contributed by atoms with E-state index >= 15 is 0 Å². The number of unbranched alkanes of at least 4 members (excludes halogenated alkanes) is 1. The normalized spacial score (nSPS) is 15.9. The van der Waals surface area contributed by atoms with E-state index in [4.69, 9.17) is 4.74 Å². The summed E-state index contributed by atoms with van der Waals surface area (Å²) < 4.78 is 8.09. The van der Waals surface area contributed by atoms with E-state index < -0.39 is 0 Å². The van der Waals surface area contributed by atoms with Gasteiger partial charge in [-0.25, -0.2) is 0 Å². The Kier molecular flexibility index (Phi) is 5.81. The number of ether oxygens (including phenoxy) is 1. The maximum atomic E-state index is 12.3. The lowest BCUT2D eigenvalue weighted by molar-refractivity contribution is 0.0365. The molecule has 0 spiro atoms. The molecule has 1 aromatic carbocycles. The van der Waals surface area contributed by atoms with Gasteiger partial charge in [0.25, 0.3) is 0 Å². The van der Waals surface area contributed by atoms with Crippen molar-refractivity contribution in [3.8, 4) is 0 Å². The van der Waals surface area contributed by atoms with Crippen molar-refractivity contribution < 1.29 is 9.53 Å². The molecule has 5 nitrogen and oxygen atoms in total. The smallest absolute Gasteiger partial charge is 0.308 e. The Morgan fingerprint density at radius 3 is 2.79 bits per heavy atom. The van der Waals surface area contributed by atoms with Crippen molar-refractivity contribution in [2.75, 3.05) is 32.8 Å². The van der Waals surface area contributed by atoms with Gasteiger partial charge in [-0.15, -0.1) is 0 Å². The molecule has 2 heterocycles. The molecular formula is C18H24N2O3S. The molecule has 24 heavy (non-hydrogen) atoms. The van der Waals surface area contributed by atoms with Crippen molar-refractivity contribution in [3.63, 3.8) is 0 Å². The number of rotatable bonds is 7. The first-order valence-corrected chi connectivity index (χ1v) is 9.47. The highest BCUT2D eigenvalue weighted by atomic mass is 32.1. The monoisotopic (exact) mass is 348 g/mol. The number of hydrogen-bond donors (Lipinski definition) is 0. The van der Waals surface area contributed by atoms with Crippen molar-refractivity contribution in [1.82, 2.24) is 9.47 Å². The van der Waals surface area contributed by atoms with Crippen LogP contribution in [-0.4, -0.2) is 48.1 Å². The fourth-order valence-corrected chi connectivity index (χ4v) is 3.96. The summed E-state index contributed by atoms with van der Waals surface area (Å²) in [4.78, 5) is 26.9. The predicted octanol–water partition coefficient (Wildman–Crippen LogP) is 2.77. The molecule has 1 saturated heterocycles. The van der Waals surface area contributed by atoms with E-state index in [-0.39, 0.29) is 10.7 Å². The first-order valence-electron chi connectivity index (χ1n) is 8.65. The number of thiazole rings is 1. The van der Waals surface area contributed by atoms with E-state index in [2.05, 4.69) is 11.8 Å². The Morgan fingerprint density at radius 2 is 2.04 bits per heavy atom. The van der Waals surface area contributed by atoms with Gasteiger partial charge in [0.2, 0.25) is 0 Å². The van der Waals surface area contributed by atoms with Gasteiger partial charge < -0.3 is 4.74 Å². The van der Waals surface area contributed by atoms with E-state index in [1.54, 1.807) is 0 Å². The standard InChI is InChI=1S/C18H24N2O3S/c1-2-3-4-16(21)14-5-6-15-17(13-14)24-18(22)20(15)8-7-19-9-11-23-12-10-19/h5-6,13H,2-4,7-12H2,1H3. The van der Waals surface area contributed by atoms with E-state index in [1.807, 2.05) is 22.8 Å². The lowest BCUT2D eigenvalue weighted by Crippen LogP contribution is -2.38. The van der Waals surface area contributed by atoms with Gasteiger partial charge in [-0.1, -0.05) is 24.7 Å².